The molecule has 0 unspecified atom stereocenters. The minimum absolute atomic E-state index is 0.257. The number of carbonyl (C=O) groups excluding carboxylic acids is 1. The van der Waals surface area contributed by atoms with Crippen molar-refractivity contribution in [2.24, 2.45) is 0 Å². The van der Waals surface area contributed by atoms with Gasteiger partial charge >= 0.3 is 0 Å². The Morgan fingerprint density at radius 2 is 1.24 bits per heavy atom. The van der Waals surface area contributed by atoms with E-state index < -0.39 is 5.41 Å². The van der Waals surface area contributed by atoms with Crippen LogP contribution in [0.2, 0.25) is 0 Å². The fourth-order valence-corrected chi connectivity index (χ4v) is 6.90. The molecule has 0 spiro atoms. The predicted octanol–water partition coefficient (Wildman–Crippen LogP) is 7.30. The van der Waals surface area contributed by atoms with Crippen molar-refractivity contribution in [1.82, 2.24) is 0 Å². The Labute approximate surface area is 194 Å². The number of rotatable bonds is 2. The molecule has 158 valence electrons. The fraction of sp³-hybridized carbons (Fsp3) is 0.156. The van der Waals surface area contributed by atoms with Gasteiger partial charge in [-0.2, -0.15) is 0 Å². The number of carbonyl (C=O) groups is 1. The van der Waals surface area contributed by atoms with Gasteiger partial charge in [0.05, 0.1) is 5.41 Å². The second-order valence-corrected chi connectivity index (χ2v) is 9.62. The zero-order chi connectivity index (χ0) is 22.0. The number of benzene rings is 4. The van der Waals surface area contributed by atoms with Gasteiger partial charge in [0.1, 0.15) is 0 Å². The van der Waals surface area contributed by atoms with Gasteiger partial charge in [-0.05, 0) is 57.7 Å². The lowest BCUT2D eigenvalue weighted by Gasteiger charge is -2.47. The van der Waals surface area contributed by atoms with E-state index >= 15 is 0 Å². The van der Waals surface area contributed by atoms with Crippen LogP contribution in [0.3, 0.4) is 0 Å². The molecule has 1 nitrogen and oxygen atoms in total. The van der Waals surface area contributed by atoms with E-state index in [0.717, 1.165) is 29.5 Å². The van der Waals surface area contributed by atoms with Gasteiger partial charge in [0, 0.05) is 11.5 Å². The first-order valence-corrected chi connectivity index (χ1v) is 11.9. The summed E-state index contributed by atoms with van der Waals surface area (Å²) in [7, 11) is 0. The van der Waals surface area contributed by atoms with Crippen LogP contribution >= 0.6 is 0 Å². The van der Waals surface area contributed by atoms with E-state index in [9.17, 15) is 4.79 Å². The molecule has 3 atom stereocenters. The summed E-state index contributed by atoms with van der Waals surface area (Å²) in [6.07, 6.45) is 1.93. The highest BCUT2D eigenvalue weighted by molar-refractivity contribution is 6.16. The summed E-state index contributed by atoms with van der Waals surface area (Å²) in [5.74, 6) is 0.926. The maximum Gasteiger partial charge on any atom is 0.178 e. The van der Waals surface area contributed by atoms with Crippen LogP contribution in [0.4, 0.5) is 0 Å². The minimum atomic E-state index is -0.632. The zero-order valence-electron chi connectivity index (χ0n) is 18.4. The van der Waals surface area contributed by atoms with Crippen molar-refractivity contribution >= 4 is 11.4 Å². The Kier molecular flexibility index (Phi) is 3.93. The molecule has 2 bridgehead atoms. The molecule has 3 aliphatic carbocycles. The average molecular weight is 425 g/mol. The van der Waals surface area contributed by atoms with Crippen molar-refractivity contribution in [2.75, 3.05) is 0 Å². The van der Waals surface area contributed by atoms with Crippen molar-refractivity contribution in [3.63, 3.8) is 0 Å². The predicted molar refractivity (Wildman–Crippen MR) is 133 cm³/mol. The normalized spacial score (nSPS) is 24.8. The van der Waals surface area contributed by atoms with Crippen LogP contribution < -0.4 is 0 Å². The van der Waals surface area contributed by atoms with Crippen LogP contribution in [0.5, 0.6) is 0 Å². The smallest absolute Gasteiger partial charge is 0.178 e. The molecular weight excluding hydrogens is 400 g/mol. The maximum absolute atomic E-state index is 14.6. The highest BCUT2D eigenvalue weighted by Crippen LogP contribution is 2.65. The third-order valence-corrected chi connectivity index (χ3v) is 8.12. The van der Waals surface area contributed by atoms with E-state index in [2.05, 4.69) is 97.1 Å². The molecule has 4 aromatic rings. The number of allylic oxidation sites excluding steroid dienone is 1. The Bertz CT molecular complexity index is 1430. The topological polar surface area (TPSA) is 17.1 Å². The summed E-state index contributed by atoms with van der Waals surface area (Å²) >= 11 is 0. The van der Waals surface area contributed by atoms with E-state index in [1.807, 2.05) is 12.1 Å². The second-order valence-electron chi connectivity index (χ2n) is 9.62. The molecule has 4 aromatic carbocycles. The van der Waals surface area contributed by atoms with Crippen LogP contribution in [0, 0.1) is 0 Å². The molecule has 0 saturated heterocycles. The number of fused-ring (bicyclic) bond motifs is 8. The van der Waals surface area contributed by atoms with Crippen molar-refractivity contribution in [3.8, 4) is 0 Å². The summed E-state index contributed by atoms with van der Waals surface area (Å²) in [5.41, 5.74) is 9.06. The lowest BCUT2D eigenvalue weighted by Crippen LogP contribution is -2.46. The van der Waals surface area contributed by atoms with Gasteiger partial charge in [0.2, 0.25) is 0 Å². The molecule has 7 rings (SSSR count). The molecule has 3 aliphatic rings. The first kappa shape index (κ1) is 18.8. The number of ketones is 1. The average Bonchev–Trinajstić information content (AvgIpc) is 3.19. The SMILES string of the molecule is O=C1c2ccccc2C(c2ccccc2)=C2[C@H]3C[C@@H](C[C@]12c1ccccc1)c1ccccc13. The van der Waals surface area contributed by atoms with Crippen molar-refractivity contribution in [3.05, 3.63) is 148 Å². The van der Waals surface area contributed by atoms with Crippen LogP contribution in [-0.2, 0) is 5.41 Å². The Balaban J connectivity index is 1.66. The monoisotopic (exact) mass is 424 g/mol. The summed E-state index contributed by atoms with van der Waals surface area (Å²) in [6.45, 7) is 0. The largest absolute Gasteiger partial charge is 0.293 e. The van der Waals surface area contributed by atoms with Crippen molar-refractivity contribution in [1.29, 1.82) is 0 Å². The van der Waals surface area contributed by atoms with Crippen LogP contribution in [0.15, 0.2) is 115 Å². The highest BCUT2D eigenvalue weighted by Gasteiger charge is 2.58. The quantitative estimate of drug-likeness (QED) is 0.330. The van der Waals surface area contributed by atoms with Crippen LogP contribution in [0.1, 0.15) is 62.9 Å². The summed E-state index contributed by atoms with van der Waals surface area (Å²) in [5, 5.41) is 0. The molecular formula is C32H24O. The van der Waals surface area contributed by atoms with E-state index in [1.54, 1.807) is 0 Å². The van der Waals surface area contributed by atoms with Gasteiger partial charge in [-0.25, -0.2) is 0 Å². The van der Waals surface area contributed by atoms with E-state index in [1.165, 1.54) is 27.8 Å². The zero-order valence-corrected chi connectivity index (χ0v) is 18.4. The van der Waals surface area contributed by atoms with Gasteiger partial charge in [0.25, 0.3) is 0 Å². The van der Waals surface area contributed by atoms with Crippen molar-refractivity contribution in [2.45, 2.75) is 30.1 Å². The molecule has 1 fully saturated rings. The maximum atomic E-state index is 14.6. The van der Waals surface area contributed by atoms with Gasteiger partial charge in [-0.1, -0.05) is 109 Å². The third-order valence-electron chi connectivity index (χ3n) is 8.12. The minimum Gasteiger partial charge on any atom is -0.293 e. The van der Waals surface area contributed by atoms with Crippen LogP contribution in [0.25, 0.3) is 5.57 Å². The summed E-state index contributed by atoms with van der Waals surface area (Å²) in [4.78, 5) is 14.6. The Morgan fingerprint density at radius 1 is 0.636 bits per heavy atom. The number of Topliss-reactive ketones (excluding diaryl/α,β-unsaturated/α-hetero) is 1. The van der Waals surface area contributed by atoms with Gasteiger partial charge in [-0.15, -0.1) is 0 Å². The summed E-state index contributed by atoms with van der Waals surface area (Å²) < 4.78 is 0. The van der Waals surface area contributed by atoms with Gasteiger partial charge in [-0.3, -0.25) is 4.79 Å². The lowest BCUT2D eigenvalue weighted by molar-refractivity contribution is 0.0876. The van der Waals surface area contributed by atoms with E-state index in [4.69, 9.17) is 0 Å². The number of hydrogen-bond donors (Lipinski definition) is 0. The van der Waals surface area contributed by atoms with Gasteiger partial charge < -0.3 is 0 Å². The molecule has 0 N–H and O–H groups in total. The lowest BCUT2D eigenvalue weighted by atomic mass is 9.53. The number of hydrogen-bond acceptors (Lipinski definition) is 1. The molecule has 0 aliphatic heterocycles. The Morgan fingerprint density at radius 3 is 2.00 bits per heavy atom. The highest BCUT2D eigenvalue weighted by atomic mass is 16.1. The standard InChI is InChI=1S/C32H24O/c33-31-27-18-10-9-17-26(27)29(21-11-3-1-4-12-21)30-28-19-22(24-15-7-8-16-25(24)28)20-32(30,31)23-13-5-2-6-14-23/h1-18,22,28H,19-20H2/t22-,28-,32+/m0/s1. The molecule has 33 heavy (non-hydrogen) atoms. The molecule has 1 saturated carbocycles. The molecule has 0 heterocycles. The molecule has 0 amide bonds. The first-order chi connectivity index (χ1) is 16.3. The first-order valence-electron chi connectivity index (χ1n) is 11.9. The third kappa shape index (κ3) is 2.45. The molecule has 0 aromatic heterocycles. The van der Waals surface area contributed by atoms with E-state index in [0.29, 0.717) is 5.92 Å². The Hall–Kier alpha value is -3.71. The fourth-order valence-electron chi connectivity index (χ4n) is 6.90. The van der Waals surface area contributed by atoms with Crippen molar-refractivity contribution < 1.29 is 4.79 Å². The van der Waals surface area contributed by atoms with Crippen LogP contribution in [-0.4, -0.2) is 5.78 Å². The molecule has 1 heteroatoms. The summed E-state index contributed by atoms with van der Waals surface area (Å²) in [6, 6.07) is 38.4. The van der Waals surface area contributed by atoms with Gasteiger partial charge in [0.15, 0.2) is 5.78 Å². The second kappa shape index (κ2) is 6.89. The molecule has 0 radical (unpaired) electrons. The van der Waals surface area contributed by atoms with E-state index in [-0.39, 0.29) is 11.7 Å².